The van der Waals surface area contributed by atoms with Gasteiger partial charge in [0.05, 0.1) is 15.9 Å². The fraction of sp³-hybridized carbons (Fsp3) is 0. The summed E-state index contributed by atoms with van der Waals surface area (Å²) in [5.74, 6) is -0.159. The summed E-state index contributed by atoms with van der Waals surface area (Å²) in [5.41, 5.74) is 5.54. The summed E-state index contributed by atoms with van der Waals surface area (Å²) in [6.07, 6.45) is 0. The number of carbonyl (C=O) groups is 1. The summed E-state index contributed by atoms with van der Waals surface area (Å²) in [4.78, 5) is 17.6. The van der Waals surface area contributed by atoms with Gasteiger partial charge in [0.25, 0.3) is 0 Å². The summed E-state index contributed by atoms with van der Waals surface area (Å²) < 4.78 is 1.02. The molecule has 0 saturated heterocycles. The molecule has 0 amide bonds. The molecular formula is C21H15N3OS. The van der Waals surface area contributed by atoms with Crippen LogP contribution >= 0.6 is 11.3 Å². The van der Waals surface area contributed by atoms with Gasteiger partial charge in [-0.1, -0.05) is 60.7 Å². The number of carbonyl (C=O) groups excluding carboxylic acids is 1. The van der Waals surface area contributed by atoms with Crippen molar-refractivity contribution in [1.82, 2.24) is 4.98 Å². The predicted octanol–water partition coefficient (Wildman–Crippen LogP) is 5.00. The predicted molar refractivity (Wildman–Crippen MR) is 107 cm³/mol. The molecule has 1 heterocycles. The SMILES string of the molecule is O=C(/C(=N/Nc1ccccc1)c1nc2ccccc2s1)c1ccccc1. The van der Waals surface area contributed by atoms with Crippen molar-refractivity contribution < 1.29 is 4.79 Å². The second kappa shape index (κ2) is 7.29. The van der Waals surface area contributed by atoms with E-state index in [1.165, 1.54) is 11.3 Å². The number of ketones is 1. The van der Waals surface area contributed by atoms with Gasteiger partial charge in [0, 0.05) is 5.56 Å². The van der Waals surface area contributed by atoms with Gasteiger partial charge in [-0.3, -0.25) is 10.2 Å². The highest BCUT2D eigenvalue weighted by molar-refractivity contribution is 7.21. The quantitative estimate of drug-likeness (QED) is 0.311. The zero-order chi connectivity index (χ0) is 17.8. The molecule has 0 radical (unpaired) electrons. The number of nitrogens with zero attached hydrogens (tertiary/aromatic N) is 2. The Morgan fingerprint density at radius 1 is 0.846 bits per heavy atom. The zero-order valence-corrected chi connectivity index (χ0v) is 14.6. The van der Waals surface area contributed by atoms with E-state index in [9.17, 15) is 4.79 Å². The van der Waals surface area contributed by atoms with Crippen LogP contribution in [0.25, 0.3) is 10.2 Å². The van der Waals surface area contributed by atoms with E-state index >= 15 is 0 Å². The third-order valence-corrected chi connectivity index (χ3v) is 4.86. The van der Waals surface area contributed by atoms with Crippen molar-refractivity contribution in [3.8, 4) is 0 Å². The number of para-hydroxylation sites is 2. The third-order valence-electron chi connectivity index (χ3n) is 3.82. The van der Waals surface area contributed by atoms with Gasteiger partial charge in [-0.05, 0) is 24.3 Å². The molecule has 1 aromatic heterocycles. The summed E-state index contributed by atoms with van der Waals surface area (Å²) >= 11 is 1.46. The molecule has 0 aliphatic carbocycles. The van der Waals surface area contributed by atoms with Crippen LogP contribution in [0.5, 0.6) is 0 Å². The van der Waals surface area contributed by atoms with Crippen LogP contribution in [0.1, 0.15) is 15.4 Å². The number of aromatic nitrogens is 1. The second-order valence-corrected chi connectivity index (χ2v) is 6.65. The number of hydrazone groups is 1. The molecule has 0 spiro atoms. The van der Waals surface area contributed by atoms with Gasteiger partial charge >= 0.3 is 0 Å². The van der Waals surface area contributed by atoms with Crippen molar-refractivity contribution in [2.45, 2.75) is 0 Å². The van der Waals surface area contributed by atoms with E-state index in [-0.39, 0.29) is 5.78 Å². The fourth-order valence-electron chi connectivity index (χ4n) is 2.53. The van der Waals surface area contributed by atoms with Crippen LogP contribution in [-0.2, 0) is 0 Å². The Morgan fingerprint density at radius 2 is 1.50 bits per heavy atom. The largest absolute Gasteiger partial charge is 0.287 e. The number of benzene rings is 3. The maximum Gasteiger partial charge on any atom is 0.216 e. The molecule has 0 aliphatic heterocycles. The van der Waals surface area contributed by atoms with Crippen LogP contribution < -0.4 is 5.43 Å². The van der Waals surface area contributed by atoms with Gasteiger partial charge in [-0.2, -0.15) is 5.10 Å². The minimum atomic E-state index is -0.159. The number of fused-ring (bicyclic) bond motifs is 1. The lowest BCUT2D eigenvalue weighted by atomic mass is 10.1. The lowest BCUT2D eigenvalue weighted by Gasteiger charge is -2.05. The first-order valence-electron chi connectivity index (χ1n) is 8.16. The van der Waals surface area contributed by atoms with Gasteiger partial charge in [-0.25, -0.2) is 4.98 Å². The highest BCUT2D eigenvalue weighted by atomic mass is 32.1. The van der Waals surface area contributed by atoms with Crippen LogP contribution in [0.4, 0.5) is 5.69 Å². The van der Waals surface area contributed by atoms with E-state index in [4.69, 9.17) is 0 Å². The Morgan fingerprint density at radius 3 is 2.23 bits per heavy atom. The average Bonchev–Trinajstić information content (AvgIpc) is 3.13. The number of anilines is 1. The Labute approximate surface area is 154 Å². The van der Waals surface area contributed by atoms with Crippen molar-refractivity contribution >= 4 is 38.7 Å². The van der Waals surface area contributed by atoms with Crippen molar-refractivity contribution in [2.75, 3.05) is 5.43 Å². The molecule has 26 heavy (non-hydrogen) atoms. The number of nitrogens with one attached hydrogen (secondary N) is 1. The molecule has 4 aromatic rings. The Bertz CT molecular complexity index is 1040. The Kier molecular flexibility index (Phi) is 4.53. The summed E-state index contributed by atoms with van der Waals surface area (Å²) in [6.45, 7) is 0. The third kappa shape index (κ3) is 3.38. The van der Waals surface area contributed by atoms with Crippen LogP contribution in [0.3, 0.4) is 0 Å². The smallest absolute Gasteiger partial charge is 0.216 e. The van der Waals surface area contributed by atoms with Crippen LogP contribution in [0.2, 0.25) is 0 Å². The van der Waals surface area contributed by atoms with Crippen molar-refractivity contribution in [3.05, 3.63) is 95.5 Å². The van der Waals surface area contributed by atoms with Gasteiger partial charge in [-0.15, -0.1) is 11.3 Å². The standard InChI is InChI=1S/C21H15N3OS/c25-20(15-9-3-1-4-10-15)19(24-23-16-11-5-2-6-12-16)21-22-17-13-7-8-14-18(17)26-21/h1-14,23H/b24-19-. The van der Waals surface area contributed by atoms with Crippen LogP contribution in [0, 0.1) is 0 Å². The molecule has 126 valence electrons. The molecular weight excluding hydrogens is 342 g/mol. The highest BCUT2D eigenvalue weighted by Crippen LogP contribution is 2.23. The molecule has 0 unspecified atom stereocenters. The number of thiazole rings is 1. The maximum absolute atomic E-state index is 13.0. The fourth-order valence-corrected chi connectivity index (χ4v) is 3.48. The van der Waals surface area contributed by atoms with E-state index in [2.05, 4.69) is 15.5 Å². The van der Waals surface area contributed by atoms with E-state index in [1.54, 1.807) is 12.1 Å². The molecule has 0 atom stereocenters. The molecule has 4 nitrogen and oxygen atoms in total. The van der Waals surface area contributed by atoms with E-state index in [0.717, 1.165) is 15.9 Å². The molecule has 5 heteroatoms. The van der Waals surface area contributed by atoms with Crippen molar-refractivity contribution in [3.63, 3.8) is 0 Å². The molecule has 0 saturated carbocycles. The number of Topliss-reactive ketones (excluding diaryl/α,β-unsaturated/α-hetero) is 1. The number of rotatable bonds is 5. The molecule has 0 aliphatic rings. The molecule has 1 N–H and O–H groups in total. The van der Waals surface area contributed by atoms with Crippen molar-refractivity contribution in [1.29, 1.82) is 0 Å². The van der Waals surface area contributed by atoms with Crippen molar-refractivity contribution in [2.24, 2.45) is 5.10 Å². The number of hydrogen-bond donors (Lipinski definition) is 1. The summed E-state index contributed by atoms with van der Waals surface area (Å²) in [6, 6.07) is 26.5. The lowest BCUT2D eigenvalue weighted by Crippen LogP contribution is -2.17. The van der Waals surface area contributed by atoms with Crippen LogP contribution in [-0.4, -0.2) is 16.5 Å². The molecule has 0 fully saturated rings. The first-order chi connectivity index (χ1) is 12.8. The minimum Gasteiger partial charge on any atom is -0.287 e. The lowest BCUT2D eigenvalue weighted by molar-refractivity contribution is 0.106. The normalized spacial score (nSPS) is 11.5. The van der Waals surface area contributed by atoms with E-state index in [1.807, 2.05) is 72.8 Å². The average molecular weight is 357 g/mol. The van der Waals surface area contributed by atoms with Gasteiger partial charge in [0.1, 0.15) is 5.01 Å². The molecule has 0 bridgehead atoms. The Hall–Kier alpha value is -3.31. The molecule has 4 rings (SSSR count). The van der Waals surface area contributed by atoms with Gasteiger partial charge in [0.2, 0.25) is 5.78 Å². The van der Waals surface area contributed by atoms with E-state index in [0.29, 0.717) is 16.3 Å². The Balaban J connectivity index is 1.76. The molecule has 3 aromatic carbocycles. The van der Waals surface area contributed by atoms with Gasteiger partial charge < -0.3 is 0 Å². The highest BCUT2D eigenvalue weighted by Gasteiger charge is 2.20. The second-order valence-electron chi connectivity index (χ2n) is 5.62. The zero-order valence-electron chi connectivity index (χ0n) is 13.8. The first-order valence-corrected chi connectivity index (χ1v) is 8.97. The monoisotopic (exact) mass is 357 g/mol. The van der Waals surface area contributed by atoms with Crippen LogP contribution in [0.15, 0.2) is 90.0 Å². The summed E-state index contributed by atoms with van der Waals surface area (Å²) in [5, 5.41) is 5.00. The number of hydrogen-bond acceptors (Lipinski definition) is 5. The summed E-state index contributed by atoms with van der Waals surface area (Å²) in [7, 11) is 0. The minimum absolute atomic E-state index is 0.159. The van der Waals surface area contributed by atoms with Gasteiger partial charge in [0.15, 0.2) is 5.71 Å². The topological polar surface area (TPSA) is 54.4 Å². The van der Waals surface area contributed by atoms with E-state index < -0.39 is 0 Å². The maximum atomic E-state index is 13.0. The first kappa shape index (κ1) is 16.2.